The number of rotatable bonds is 33. The highest BCUT2D eigenvalue weighted by Crippen LogP contribution is 2.39. The normalized spacial score (nSPS) is 25.7. The first-order valence-corrected chi connectivity index (χ1v) is 40.4. The van der Waals surface area contributed by atoms with Crippen molar-refractivity contribution in [2.24, 2.45) is 0 Å². The van der Waals surface area contributed by atoms with Gasteiger partial charge in [-0.2, -0.15) is 0 Å². The molecule has 0 amide bonds. The number of aliphatic hydroxyl groups excluding tert-OH is 3. The van der Waals surface area contributed by atoms with E-state index in [-0.39, 0.29) is 57.7 Å². The van der Waals surface area contributed by atoms with E-state index in [1.165, 1.54) is 170 Å². The largest absolute Gasteiger partial charge is 0.456 e. The van der Waals surface area contributed by atoms with Crippen molar-refractivity contribution in [3.63, 3.8) is 0 Å². The van der Waals surface area contributed by atoms with Crippen LogP contribution in [0.1, 0.15) is 101 Å². The van der Waals surface area contributed by atoms with Crippen LogP contribution in [0.25, 0.3) is 0 Å². The molecule has 4 fully saturated rings. The van der Waals surface area contributed by atoms with E-state index in [4.69, 9.17) is 85.3 Å². The summed E-state index contributed by atoms with van der Waals surface area (Å²) in [6, 6.07) is 78.0. The third-order valence-corrected chi connectivity index (χ3v) is 20.8. The Hall–Kier alpha value is -13.1. The fraction of sp³-hybridized carbons (Fsp3) is 0.281. The van der Waals surface area contributed by atoms with Crippen LogP contribution in [-0.4, -0.2) is 218 Å². The minimum Gasteiger partial charge on any atom is -0.456 e. The van der Waals surface area contributed by atoms with E-state index in [1.807, 2.05) is 6.07 Å². The highest BCUT2D eigenvalue weighted by atomic mass is 16.8. The monoisotopic (exact) mass is 1720 g/mol. The van der Waals surface area contributed by atoms with E-state index in [1.54, 1.807) is 127 Å². The number of aliphatic hydroxyl groups is 3. The van der Waals surface area contributed by atoms with Gasteiger partial charge in [0, 0.05) is 6.92 Å². The number of esters is 9. The van der Waals surface area contributed by atoms with E-state index >= 15 is 14.4 Å². The first-order valence-electron chi connectivity index (χ1n) is 40.4. The van der Waals surface area contributed by atoms with Crippen molar-refractivity contribution in [1.29, 1.82) is 0 Å². The van der Waals surface area contributed by atoms with Gasteiger partial charge in [0.1, 0.15) is 42.7 Å². The molecule has 4 heterocycles. The van der Waals surface area contributed by atoms with Gasteiger partial charge in [-0.25, -0.2) is 38.4 Å². The maximum atomic E-state index is 15.2. The van der Waals surface area contributed by atoms with Crippen molar-refractivity contribution in [2.45, 2.75) is 143 Å². The lowest BCUT2D eigenvalue weighted by Gasteiger charge is -2.47. The number of carbonyl (C=O) groups excluding carboxylic acids is 9. The Balaban J connectivity index is 0.885. The highest BCUT2D eigenvalue weighted by molar-refractivity contribution is 5.94. The first kappa shape index (κ1) is 89.2. The molecular weight excluding hydrogens is 1630 g/mol. The van der Waals surface area contributed by atoms with Crippen LogP contribution in [0, 0.1) is 0 Å². The molecule has 0 unspecified atom stereocenters. The van der Waals surface area contributed by atoms with Gasteiger partial charge >= 0.3 is 53.7 Å². The van der Waals surface area contributed by atoms with Gasteiger partial charge in [-0.3, -0.25) is 4.79 Å². The second-order valence-corrected chi connectivity index (χ2v) is 29.4. The van der Waals surface area contributed by atoms with Gasteiger partial charge in [-0.15, -0.1) is 0 Å². The van der Waals surface area contributed by atoms with Gasteiger partial charge in [0.2, 0.25) is 0 Å². The maximum absolute atomic E-state index is 15.2. The molecule has 30 heteroatoms. The fourth-order valence-electron chi connectivity index (χ4n) is 14.5. The van der Waals surface area contributed by atoms with Crippen LogP contribution in [0.2, 0.25) is 0 Å². The van der Waals surface area contributed by atoms with Crippen LogP contribution in [0.15, 0.2) is 303 Å². The Bertz CT molecular complexity index is 5210. The molecule has 20 atom stereocenters. The lowest BCUT2D eigenvalue weighted by molar-refractivity contribution is -0.348. The number of carbonyl (C=O) groups is 9. The van der Waals surface area contributed by atoms with Crippen molar-refractivity contribution in [3.8, 4) is 0 Å². The SMILES string of the molecule is CC(=O)O[C@@H]1[C@H](OC(=O)c2ccccc2)[C@@H](OC(=O)c2ccccc2)[C@@H](OC[C@H]2O[C@@H](OC[C@H]3O[C@@H](O)[C@H](OC(=O)c4ccccc4)[C@@H](OC(=O)c4ccccc4)[C@H]3OC(=O)c3ccccc3)[C@H](OC(=O)c3ccccc3)[C@@H](OC(=O)c3ccccc3)[C@H]2OC(=O)c2ccccc2)O[C@@H]1CO[C@H]1O[C@H](CO)[C@H](O)[C@H](OCc2ccccc2)[C@H]1OCc1ccccc1. The molecule has 0 aliphatic carbocycles. The summed E-state index contributed by atoms with van der Waals surface area (Å²) in [4.78, 5) is 132. The summed E-state index contributed by atoms with van der Waals surface area (Å²) >= 11 is 0. The highest BCUT2D eigenvalue weighted by Gasteiger charge is 2.59. The molecule has 4 aliphatic heterocycles. The van der Waals surface area contributed by atoms with Gasteiger partial charge in [0.05, 0.1) is 84.1 Å². The molecule has 10 aromatic rings. The molecule has 4 saturated heterocycles. The lowest BCUT2D eigenvalue weighted by Crippen LogP contribution is -2.66. The third kappa shape index (κ3) is 22.9. The molecule has 126 heavy (non-hydrogen) atoms. The average molecular weight is 1720 g/mol. The molecule has 10 aromatic carbocycles. The van der Waals surface area contributed by atoms with Crippen LogP contribution < -0.4 is 0 Å². The molecule has 30 nitrogen and oxygen atoms in total. The number of hydrogen-bond donors (Lipinski definition) is 3. The van der Waals surface area contributed by atoms with Crippen molar-refractivity contribution >= 4 is 53.7 Å². The Morgan fingerprint density at radius 3 is 0.754 bits per heavy atom. The van der Waals surface area contributed by atoms with Crippen molar-refractivity contribution < 1.29 is 144 Å². The maximum Gasteiger partial charge on any atom is 0.338 e. The summed E-state index contributed by atoms with van der Waals surface area (Å²) in [6.07, 6.45) is -37.7. The van der Waals surface area contributed by atoms with E-state index in [0.29, 0.717) is 11.1 Å². The summed E-state index contributed by atoms with van der Waals surface area (Å²) in [5.74, 6) is -9.67. The van der Waals surface area contributed by atoms with Crippen LogP contribution in [-0.2, 0) is 103 Å². The van der Waals surface area contributed by atoms with Gasteiger partial charge in [-0.05, 0) is 108 Å². The Morgan fingerprint density at radius 2 is 0.468 bits per heavy atom. The molecule has 3 N–H and O–H groups in total. The second kappa shape index (κ2) is 43.5. The van der Waals surface area contributed by atoms with Gasteiger partial charge in [-0.1, -0.05) is 206 Å². The van der Waals surface area contributed by atoms with E-state index in [2.05, 4.69) is 0 Å². The van der Waals surface area contributed by atoms with Crippen LogP contribution in [0.3, 0.4) is 0 Å². The minimum atomic E-state index is -2.27. The van der Waals surface area contributed by atoms with Crippen LogP contribution in [0.4, 0.5) is 0 Å². The molecule has 4 aliphatic rings. The van der Waals surface area contributed by atoms with E-state index in [0.717, 1.165) is 6.92 Å². The van der Waals surface area contributed by atoms with Gasteiger partial charge in [0.25, 0.3) is 0 Å². The molecule has 0 bridgehead atoms. The molecule has 0 radical (unpaired) electrons. The predicted octanol–water partition coefficient (Wildman–Crippen LogP) is 10.2. The summed E-state index contributed by atoms with van der Waals surface area (Å²) in [5.41, 5.74) is 0.853. The van der Waals surface area contributed by atoms with E-state index in [9.17, 15) is 44.1 Å². The lowest BCUT2D eigenvalue weighted by atomic mass is 9.96. The Labute approximate surface area is 722 Å². The van der Waals surface area contributed by atoms with Crippen molar-refractivity contribution in [3.05, 3.63) is 359 Å². The molecule has 0 spiro atoms. The zero-order valence-corrected chi connectivity index (χ0v) is 67.5. The fourth-order valence-corrected chi connectivity index (χ4v) is 14.5. The van der Waals surface area contributed by atoms with Crippen LogP contribution in [0.5, 0.6) is 0 Å². The second-order valence-electron chi connectivity index (χ2n) is 29.4. The molecule has 652 valence electrons. The van der Waals surface area contributed by atoms with Gasteiger partial charge < -0.3 is 101 Å². The zero-order chi connectivity index (χ0) is 87.8. The number of ether oxygens (including phenoxy) is 18. The topological polar surface area (TPSA) is 380 Å². The Kier molecular flexibility index (Phi) is 30.8. The third-order valence-electron chi connectivity index (χ3n) is 20.8. The summed E-state index contributed by atoms with van der Waals surface area (Å²) in [5, 5.41) is 35.3. The molecular formula is C96H88O30. The van der Waals surface area contributed by atoms with Crippen molar-refractivity contribution in [2.75, 3.05) is 26.4 Å². The summed E-state index contributed by atoms with van der Waals surface area (Å²) in [7, 11) is 0. The average Bonchev–Trinajstić information content (AvgIpc) is 0.773. The molecule has 0 saturated carbocycles. The smallest absolute Gasteiger partial charge is 0.338 e. The summed E-state index contributed by atoms with van der Waals surface area (Å²) < 4.78 is 117. The zero-order valence-electron chi connectivity index (χ0n) is 67.5. The number of benzene rings is 10. The molecule has 0 aromatic heterocycles. The standard InChI is InChI=1S/C96H88O30/c1-58(98)114-74-71(56-111-94-82(110-54-60-34-14-3-15-35-60)77(73(99)69(52-97)116-94)109-53-59-32-12-2-13-33-59)117-95(83(125-91(106)67-48-28-10-29-49-67)79(74)122-88(103)64-42-22-7-23-43-64)113-57-72-76(120-86(101)62-38-18-5-19-39-62)80(123-89(104)65-44-24-8-25-45-65)84(126-92(107)68-50-30-11-31-51-68)96(118-72)112-55-70-75(119-85(100)61-36-16-4-17-37-61)78(121-87(102)63-40-20-6-21-41-63)81(93(108)115-70)124-90(105)66-46-26-9-27-47-66/h2-51,69-84,93-97,99,108H,52-57H2,1H3/t69-,70-,71-,72-,73+,74+,75+,76+,77+,78+,79+,80+,81-,82-,83-,84-,93-,94+,95+,96-/m1/s1. The first-order chi connectivity index (χ1) is 61.4. The quantitative estimate of drug-likeness (QED) is 0.0254. The van der Waals surface area contributed by atoms with E-state index < -0.39 is 203 Å². The Morgan fingerprint density at radius 1 is 0.246 bits per heavy atom. The van der Waals surface area contributed by atoms with Crippen molar-refractivity contribution in [1.82, 2.24) is 0 Å². The number of hydrogen-bond acceptors (Lipinski definition) is 30. The van der Waals surface area contributed by atoms with Crippen LogP contribution >= 0.6 is 0 Å². The van der Waals surface area contributed by atoms with Gasteiger partial charge in [0.15, 0.2) is 80.1 Å². The minimum absolute atomic E-state index is 0.0199. The molecule has 14 rings (SSSR count). The predicted molar refractivity (Wildman–Crippen MR) is 439 cm³/mol. The summed E-state index contributed by atoms with van der Waals surface area (Å²) in [6.45, 7) is -2.73.